The first-order valence-corrected chi connectivity index (χ1v) is 2.85. The average Bonchev–Trinajstić information content (AvgIpc) is 1.83. The number of hydrogen-bond donors (Lipinski definition) is 0. The lowest BCUT2D eigenvalue weighted by atomic mass is 10.0. The summed E-state index contributed by atoms with van der Waals surface area (Å²) in [4.78, 5) is 0. The Labute approximate surface area is 52.9 Å². The summed E-state index contributed by atoms with van der Waals surface area (Å²) < 4.78 is 24.8. The Bertz CT molecular complexity index is 158. The van der Waals surface area contributed by atoms with Crippen LogP contribution in [0.5, 0.6) is 0 Å². The Morgan fingerprint density at radius 2 is 2.11 bits per heavy atom. The van der Waals surface area contributed by atoms with Crippen LogP contribution in [0.25, 0.3) is 0 Å². The molecule has 0 fully saturated rings. The lowest BCUT2D eigenvalue weighted by Gasteiger charge is -2.12. The van der Waals surface area contributed by atoms with Crippen LogP contribution in [0, 0.1) is 0 Å². The maximum atomic E-state index is 12.5. The van der Waals surface area contributed by atoms with Crippen molar-refractivity contribution < 1.29 is 8.78 Å². The standard InChI is InChI=1S/C7H8F2/c1-5-3-2-4-6(8)7(5)9/h2-4,6-7H,1H3. The fourth-order valence-electron chi connectivity index (χ4n) is 0.754. The first-order valence-electron chi connectivity index (χ1n) is 2.85. The minimum Gasteiger partial charge on any atom is -0.239 e. The molecule has 0 radical (unpaired) electrons. The number of alkyl halides is 2. The molecule has 9 heavy (non-hydrogen) atoms. The smallest absolute Gasteiger partial charge is 0.156 e. The van der Waals surface area contributed by atoms with Gasteiger partial charge in [0.15, 0.2) is 12.3 Å². The predicted octanol–water partition coefficient (Wildman–Crippen LogP) is 2.18. The highest BCUT2D eigenvalue weighted by Gasteiger charge is 2.20. The maximum Gasteiger partial charge on any atom is 0.156 e. The van der Waals surface area contributed by atoms with Crippen molar-refractivity contribution in [2.24, 2.45) is 0 Å². The Hall–Kier alpha value is -0.660. The third-order valence-corrected chi connectivity index (χ3v) is 1.37. The zero-order valence-corrected chi connectivity index (χ0v) is 5.14. The monoisotopic (exact) mass is 130 g/mol. The highest BCUT2D eigenvalue weighted by molar-refractivity contribution is 5.23. The van der Waals surface area contributed by atoms with E-state index in [1.807, 2.05) is 0 Å². The summed E-state index contributed by atoms with van der Waals surface area (Å²) in [5, 5.41) is 0. The first kappa shape index (κ1) is 6.46. The van der Waals surface area contributed by atoms with Crippen molar-refractivity contribution in [2.45, 2.75) is 19.3 Å². The maximum absolute atomic E-state index is 12.5. The molecule has 0 aromatic heterocycles. The van der Waals surface area contributed by atoms with Crippen molar-refractivity contribution in [1.29, 1.82) is 0 Å². The summed E-state index contributed by atoms with van der Waals surface area (Å²) in [7, 11) is 0. The molecule has 0 nitrogen and oxygen atoms in total. The van der Waals surface area contributed by atoms with Gasteiger partial charge in [0.25, 0.3) is 0 Å². The molecule has 2 heteroatoms. The molecule has 0 N–H and O–H groups in total. The predicted molar refractivity (Wildman–Crippen MR) is 32.7 cm³/mol. The van der Waals surface area contributed by atoms with E-state index in [1.54, 1.807) is 13.0 Å². The van der Waals surface area contributed by atoms with Gasteiger partial charge in [-0.2, -0.15) is 0 Å². The average molecular weight is 130 g/mol. The van der Waals surface area contributed by atoms with Crippen LogP contribution in [0.3, 0.4) is 0 Å². The van der Waals surface area contributed by atoms with Gasteiger partial charge in [0.1, 0.15) is 0 Å². The highest BCUT2D eigenvalue weighted by Crippen LogP contribution is 2.18. The Kier molecular flexibility index (Phi) is 1.65. The fourth-order valence-corrected chi connectivity index (χ4v) is 0.754. The molecule has 0 aliphatic heterocycles. The molecule has 0 amide bonds. The third kappa shape index (κ3) is 1.18. The quantitative estimate of drug-likeness (QED) is 0.471. The van der Waals surface area contributed by atoms with Crippen LogP contribution in [-0.2, 0) is 0 Å². The zero-order chi connectivity index (χ0) is 6.85. The van der Waals surface area contributed by atoms with E-state index in [9.17, 15) is 8.78 Å². The molecule has 0 heterocycles. The summed E-state index contributed by atoms with van der Waals surface area (Å²) in [6.45, 7) is 1.58. The van der Waals surface area contributed by atoms with Crippen molar-refractivity contribution in [3.05, 3.63) is 23.8 Å². The van der Waals surface area contributed by atoms with Gasteiger partial charge in [-0.15, -0.1) is 0 Å². The molecular formula is C7H8F2. The third-order valence-electron chi connectivity index (χ3n) is 1.37. The summed E-state index contributed by atoms with van der Waals surface area (Å²) in [6.07, 6.45) is 1.49. The van der Waals surface area contributed by atoms with Crippen LogP contribution in [0.1, 0.15) is 6.92 Å². The Balaban J connectivity index is 2.73. The van der Waals surface area contributed by atoms with Crippen molar-refractivity contribution in [2.75, 3.05) is 0 Å². The van der Waals surface area contributed by atoms with Gasteiger partial charge >= 0.3 is 0 Å². The number of allylic oxidation sites excluding steroid dienone is 4. The Morgan fingerprint density at radius 3 is 2.56 bits per heavy atom. The van der Waals surface area contributed by atoms with E-state index >= 15 is 0 Å². The highest BCUT2D eigenvalue weighted by atomic mass is 19.2. The minimum atomic E-state index is -1.44. The van der Waals surface area contributed by atoms with Crippen LogP contribution >= 0.6 is 0 Å². The van der Waals surface area contributed by atoms with E-state index in [0.717, 1.165) is 0 Å². The number of rotatable bonds is 0. The van der Waals surface area contributed by atoms with Crippen molar-refractivity contribution in [3.63, 3.8) is 0 Å². The molecule has 1 aliphatic rings. The second kappa shape index (κ2) is 2.29. The topological polar surface area (TPSA) is 0 Å². The van der Waals surface area contributed by atoms with Gasteiger partial charge in [-0.05, 0) is 18.6 Å². The molecule has 50 valence electrons. The van der Waals surface area contributed by atoms with E-state index in [-0.39, 0.29) is 0 Å². The van der Waals surface area contributed by atoms with Gasteiger partial charge in [-0.25, -0.2) is 8.78 Å². The number of hydrogen-bond acceptors (Lipinski definition) is 0. The van der Waals surface area contributed by atoms with Gasteiger partial charge in [-0.1, -0.05) is 12.2 Å². The Morgan fingerprint density at radius 1 is 1.44 bits per heavy atom. The van der Waals surface area contributed by atoms with Gasteiger partial charge in [0.2, 0.25) is 0 Å². The second-order valence-corrected chi connectivity index (χ2v) is 2.14. The molecule has 1 aliphatic carbocycles. The second-order valence-electron chi connectivity index (χ2n) is 2.14. The summed E-state index contributed by atoms with van der Waals surface area (Å²) in [5.74, 6) is 0. The molecule has 0 spiro atoms. The zero-order valence-electron chi connectivity index (χ0n) is 5.14. The first-order chi connectivity index (χ1) is 4.22. The molecular weight excluding hydrogens is 122 g/mol. The van der Waals surface area contributed by atoms with E-state index in [0.29, 0.717) is 5.57 Å². The van der Waals surface area contributed by atoms with Crippen molar-refractivity contribution in [1.82, 2.24) is 0 Å². The molecule has 0 aromatic rings. The largest absolute Gasteiger partial charge is 0.239 e. The van der Waals surface area contributed by atoms with E-state index in [4.69, 9.17) is 0 Å². The van der Waals surface area contributed by atoms with Crippen molar-refractivity contribution >= 4 is 0 Å². The van der Waals surface area contributed by atoms with E-state index < -0.39 is 12.3 Å². The summed E-state index contributed by atoms with van der Waals surface area (Å²) in [5.41, 5.74) is 0.463. The SMILES string of the molecule is CC1=CC=CC(F)C1F. The summed E-state index contributed by atoms with van der Waals surface area (Å²) in [6, 6.07) is 0. The van der Waals surface area contributed by atoms with Gasteiger partial charge < -0.3 is 0 Å². The molecule has 0 aromatic carbocycles. The minimum absolute atomic E-state index is 0.463. The van der Waals surface area contributed by atoms with Crippen molar-refractivity contribution in [3.8, 4) is 0 Å². The van der Waals surface area contributed by atoms with Crippen LogP contribution in [0.15, 0.2) is 23.8 Å². The molecule has 2 unspecified atom stereocenters. The van der Waals surface area contributed by atoms with Crippen LogP contribution in [0.4, 0.5) is 8.78 Å². The van der Waals surface area contributed by atoms with Gasteiger partial charge in [0, 0.05) is 0 Å². The van der Waals surface area contributed by atoms with Crippen LogP contribution in [0.2, 0.25) is 0 Å². The van der Waals surface area contributed by atoms with Crippen LogP contribution < -0.4 is 0 Å². The molecule has 2 atom stereocenters. The lowest BCUT2D eigenvalue weighted by molar-refractivity contribution is 0.234. The molecule has 0 bridgehead atoms. The summed E-state index contributed by atoms with van der Waals surface area (Å²) >= 11 is 0. The molecule has 0 saturated heterocycles. The normalized spacial score (nSPS) is 34.3. The fraction of sp³-hybridized carbons (Fsp3) is 0.429. The molecule has 0 saturated carbocycles. The number of halogens is 2. The molecule has 1 rings (SSSR count). The lowest BCUT2D eigenvalue weighted by Crippen LogP contribution is -2.17. The van der Waals surface area contributed by atoms with Crippen LogP contribution in [-0.4, -0.2) is 12.3 Å². The van der Waals surface area contributed by atoms with Gasteiger partial charge in [0.05, 0.1) is 0 Å². The van der Waals surface area contributed by atoms with E-state index in [2.05, 4.69) is 0 Å². The van der Waals surface area contributed by atoms with Gasteiger partial charge in [-0.3, -0.25) is 0 Å². The van der Waals surface area contributed by atoms with E-state index in [1.165, 1.54) is 12.2 Å².